The highest BCUT2D eigenvalue weighted by atomic mass is 16.6. The van der Waals surface area contributed by atoms with Crippen LogP contribution in [0.2, 0.25) is 0 Å². The van der Waals surface area contributed by atoms with Gasteiger partial charge in [-0.25, -0.2) is 9.78 Å². The van der Waals surface area contributed by atoms with Crippen LogP contribution in [-0.4, -0.2) is 57.5 Å². The summed E-state index contributed by atoms with van der Waals surface area (Å²) in [7, 11) is 0. The number of carbonyl (C=O) groups excluding carboxylic acids is 5. The van der Waals surface area contributed by atoms with Crippen LogP contribution in [0.25, 0.3) is 22.3 Å². The lowest BCUT2D eigenvalue weighted by Gasteiger charge is -2.35. The van der Waals surface area contributed by atoms with Gasteiger partial charge in [0.15, 0.2) is 0 Å². The van der Waals surface area contributed by atoms with Crippen LogP contribution in [0.1, 0.15) is 154 Å². The highest BCUT2D eigenvalue weighted by molar-refractivity contribution is 5.93. The predicted octanol–water partition coefficient (Wildman–Crippen LogP) is 7.44. The lowest BCUT2D eigenvalue weighted by molar-refractivity contribution is -0.189. The molecule has 13 nitrogen and oxygen atoms in total. The van der Waals surface area contributed by atoms with E-state index in [-0.39, 0.29) is 42.7 Å². The van der Waals surface area contributed by atoms with Crippen LogP contribution in [0, 0.1) is 0 Å². The van der Waals surface area contributed by atoms with Gasteiger partial charge in [0, 0.05) is 22.9 Å². The summed E-state index contributed by atoms with van der Waals surface area (Å²) in [4.78, 5) is 85.0. The van der Waals surface area contributed by atoms with Crippen LogP contribution in [0.15, 0.2) is 41.2 Å². The molecule has 2 aromatic heterocycles. The molecular formula is C46H62N4O9. The summed E-state index contributed by atoms with van der Waals surface area (Å²) < 4.78 is 18.3. The molecule has 0 fully saturated rings. The number of benzene rings is 1. The fourth-order valence-electron chi connectivity index (χ4n) is 7.92. The van der Waals surface area contributed by atoms with Crippen LogP contribution >= 0.6 is 0 Å². The van der Waals surface area contributed by atoms with Gasteiger partial charge in [0.1, 0.15) is 24.8 Å². The molecule has 2 amide bonds. The molecule has 1 aromatic carbocycles. The first-order valence-electron chi connectivity index (χ1n) is 21.6. The Hall–Kier alpha value is -5.07. The van der Waals surface area contributed by atoms with Crippen molar-refractivity contribution in [2.45, 2.75) is 168 Å². The SMILES string of the molecule is CCCCCCCCCCCCCCCC(=O)N[C@H](CC(=O)OC(C)(C)C)C(=O)NCC(=O)O[C@]1(CC)C(=O)OCc2c1cc1n(c2=O)Cc2cc3ccccc3nc2-1. The number of esters is 3. The molecule has 2 atom stereocenters. The number of aromatic nitrogens is 2. The van der Waals surface area contributed by atoms with Gasteiger partial charge >= 0.3 is 17.9 Å². The molecule has 3 aromatic rings. The molecule has 2 aliphatic heterocycles. The number of cyclic esters (lactones) is 1. The first kappa shape index (κ1) is 45.0. The smallest absolute Gasteiger partial charge is 0.355 e. The van der Waals surface area contributed by atoms with Gasteiger partial charge in [0.25, 0.3) is 5.56 Å². The van der Waals surface area contributed by atoms with Crippen molar-refractivity contribution >= 4 is 40.6 Å². The van der Waals surface area contributed by atoms with E-state index in [1.54, 1.807) is 38.3 Å². The molecule has 0 radical (unpaired) electrons. The van der Waals surface area contributed by atoms with E-state index in [0.29, 0.717) is 17.8 Å². The molecule has 13 heteroatoms. The monoisotopic (exact) mass is 814 g/mol. The Bertz CT molecular complexity index is 2050. The molecular weight excluding hydrogens is 753 g/mol. The molecule has 0 aliphatic carbocycles. The van der Waals surface area contributed by atoms with Crippen LogP contribution in [0.4, 0.5) is 0 Å². The quantitative estimate of drug-likeness (QED) is 0.0461. The zero-order chi connectivity index (χ0) is 42.6. The minimum atomic E-state index is -1.97. The van der Waals surface area contributed by atoms with E-state index in [1.807, 2.05) is 30.3 Å². The Morgan fingerprint density at radius 2 is 1.53 bits per heavy atom. The summed E-state index contributed by atoms with van der Waals surface area (Å²) in [5, 5.41) is 6.04. The van der Waals surface area contributed by atoms with E-state index in [0.717, 1.165) is 35.7 Å². The number of para-hydroxylation sites is 1. The number of rotatable bonds is 22. The summed E-state index contributed by atoms with van der Waals surface area (Å²) in [6.07, 6.45) is 14.8. The van der Waals surface area contributed by atoms with E-state index in [9.17, 15) is 28.8 Å². The normalized spacial score (nSPS) is 16.1. The molecule has 0 saturated carbocycles. The lowest BCUT2D eigenvalue weighted by atomic mass is 9.85. The zero-order valence-electron chi connectivity index (χ0n) is 35.5. The van der Waals surface area contributed by atoms with Crippen molar-refractivity contribution in [2.75, 3.05) is 6.54 Å². The van der Waals surface area contributed by atoms with Gasteiger partial charge in [-0.05, 0) is 51.8 Å². The standard InChI is InChI=1S/C46H62N4O9/c1-6-8-9-10-11-12-13-14-15-16-17-18-19-24-38(51)48-36(27-39(52)58-45(3,4)5)42(54)47-28-40(53)59-46(7-2)34-26-37-41-32(25-31-22-20-21-23-35(31)49-41)29-50(37)43(55)33(34)30-57-44(46)56/h20-23,25-26,36H,6-19,24,27-30H2,1-5H3,(H,47,54)(H,48,51)/t36-,46+/m1/s1. The third-order valence-corrected chi connectivity index (χ3v) is 11.0. The van der Waals surface area contributed by atoms with E-state index < -0.39 is 59.9 Å². The molecule has 0 spiro atoms. The zero-order valence-corrected chi connectivity index (χ0v) is 35.5. The number of nitrogens with zero attached hydrogens (tertiary/aromatic N) is 2. The topological polar surface area (TPSA) is 172 Å². The lowest BCUT2D eigenvalue weighted by Crippen LogP contribution is -2.51. The number of carbonyl (C=O) groups is 5. The highest BCUT2D eigenvalue weighted by Crippen LogP contribution is 2.41. The summed E-state index contributed by atoms with van der Waals surface area (Å²) in [6.45, 7) is 8.26. The molecule has 59 heavy (non-hydrogen) atoms. The van der Waals surface area contributed by atoms with Gasteiger partial charge in [0.05, 0.1) is 35.4 Å². The number of hydrogen-bond acceptors (Lipinski definition) is 10. The number of nitrogens with one attached hydrogen (secondary N) is 2. The Balaban J connectivity index is 1.18. The fraction of sp³-hybridized carbons (Fsp3) is 0.587. The van der Waals surface area contributed by atoms with Crippen molar-refractivity contribution in [2.24, 2.45) is 0 Å². The Labute approximate surface area is 347 Å². The van der Waals surface area contributed by atoms with Crippen molar-refractivity contribution in [3.63, 3.8) is 0 Å². The van der Waals surface area contributed by atoms with Gasteiger partial charge in [0.2, 0.25) is 17.4 Å². The minimum Gasteiger partial charge on any atom is -0.460 e. The number of pyridine rings is 2. The summed E-state index contributed by atoms with van der Waals surface area (Å²) in [6, 6.07) is 9.95. The van der Waals surface area contributed by atoms with Gasteiger partial charge < -0.3 is 29.4 Å². The predicted molar refractivity (Wildman–Crippen MR) is 224 cm³/mol. The van der Waals surface area contributed by atoms with Crippen molar-refractivity contribution in [3.05, 3.63) is 63.4 Å². The van der Waals surface area contributed by atoms with Crippen LogP contribution in [-0.2, 0) is 56.9 Å². The van der Waals surface area contributed by atoms with Crippen LogP contribution < -0.4 is 16.2 Å². The maximum absolute atomic E-state index is 13.9. The molecule has 0 saturated heterocycles. The molecule has 2 N–H and O–H groups in total. The van der Waals surface area contributed by atoms with Crippen molar-refractivity contribution in [3.8, 4) is 11.4 Å². The minimum absolute atomic E-state index is 0.0596. The third-order valence-electron chi connectivity index (χ3n) is 11.0. The number of fused-ring (bicyclic) bond motifs is 5. The number of hydrogen-bond donors (Lipinski definition) is 2. The van der Waals surface area contributed by atoms with E-state index in [4.69, 9.17) is 19.2 Å². The Morgan fingerprint density at radius 1 is 0.881 bits per heavy atom. The third kappa shape index (κ3) is 11.8. The van der Waals surface area contributed by atoms with E-state index in [2.05, 4.69) is 17.6 Å². The second-order valence-electron chi connectivity index (χ2n) is 16.9. The van der Waals surface area contributed by atoms with Gasteiger partial charge in [-0.1, -0.05) is 109 Å². The van der Waals surface area contributed by atoms with Gasteiger partial charge in [-0.15, -0.1) is 0 Å². The van der Waals surface area contributed by atoms with E-state index >= 15 is 0 Å². The summed E-state index contributed by atoms with van der Waals surface area (Å²) in [5.41, 5.74) is -0.108. The molecule has 0 bridgehead atoms. The van der Waals surface area contributed by atoms with Crippen LogP contribution in [0.3, 0.4) is 0 Å². The molecule has 320 valence electrons. The fourth-order valence-corrected chi connectivity index (χ4v) is 7.92. The Kier molecular flexibility index (Phi) is 15.8. The molecule has 4 heterocycles. The van der Waals surface area contributed by atoms with Crippen LogP contribution in [0.5, 0.6) is 0 Å². The van der Waals surface area contributed by atoms with Crippen molar-refractivity contribution < 1.29 is 38.2 Å². The van der Waals surface area contributed by atoms with Crippen molar-refractivity contribution in [1.29, 1.82) is 0 Å². The van der Waals surface area contributed by atoms with Gasteiger partial charge in [-0.3, -0.25) is 24.0 Å². The number of unbranched alkanes of at least 4 members (excludes halogenated alkanes) is 12. The first-order chi connectivity index (χ1) is 28.3. The highest BCUT2D eigenvalue weighted by Gasteiger charge is 2.50. The molecule has 5 rings (SSSR count). The summed E-state index contributed by atoms with van der Waals surface area (Å²) in [5.74, 6) is -3.71. The van der Waals surface area contributed by atoms with Crippen molar-refractivity contribution in [1.82, 2.24) is 20.2 Å². The molecule has 2 aliphatic rings. The second kappa shape index (κ2) is 20.8. The average Bonchev–Trinajstić information content (AvgIpc) is 3.55. The maximum atomic E-state index is 13.9. The maximum Gasteiger partial charge on any atom is 0.355 e. The van der Waals surface area contributed by atoms with E-state index in [1.165, 1.54) is 57.8 Å². The number of ether oxygens (including phenoxy) is 3. The number of amides is 2. The average molecular weight is 815 g/mol. The van der Waals surface area contributed by atoms with Gasteiger partial charge in [-0.2, -0.15) is 0 Å². The largest absolute Gasteiger partial charge is 0.460 e. The second-order valence-corrected chi connectivity index (χ2v) is 16.9. The summed E-state index contributed by atoms with van der Waals surface area (Å²) >= 11 is 0. The molecule has 0 unspecified atom stereocenters. The first-order valence-corrected chi connectivity index (χ1v) is 21.6. The Morgan fingerprint density at radius 3 is 2.17 bits per heavy atom.